The lowest BCUT2D eigenvalue weighted by Gasteiger charge is -2.39. The number of fused-ring (bicyclic) bond motifs is 12. The topological polar surface area (TPSA) is 42.2 Å². The largest absolute Gasteiger partial charge is 0.454 e. The molecule has 54 heavy (non-hydrogen) atoms. The number of benzene rings is 8. The molecule has 0 spiro atoms. The molecule has 8 heteroatoms. The van der Waals surface area contributed by atoms with Crippen molar-refractivity contribution in [3.05, 3.63) is 152 Å². The van der Waals surface area contributed by atoms with Gasteiger partial charge in [0, 0.05) is 32.3 Å². The summed E-state index contributed by atoms with van der Waals surface area (Å²) in [7, 11) is 5.31. The van der Waals surface area contributed by atoms with Gasteiger partial charge in [-0.25, -0.2) is 9.97 Å². The van der Waals surface area contributed by atoms with Crippen molar-refractivity contribution >= 4 is 125 Å². The maximum Gasteiger partial charge on any atom is 0.235 e. The Labute approximate surface area is 316 Å². The molecule has 10 aromatic rings. The second-order valence-electron chi connectivity index (χ2n) is 14.4. The van der Waals surface area contributed by atoms with E-state index in [9.17, 15) is 0 Å². The monoisotopic (exact) mass is 705 g/mol. The Morgan fingerprint density at radius 3 is 1.96 bits per heavy atom. The number of furan rings is 1. The fourth-order valence-corrected chi connectivity index (χ4v) is 11.3. The van der Waals surface area contributed by atoms with E-state index in [1.807, 2.05) is 0 Å². The zero-order valence-corrected chi connectivity index (χ0v) is 31.0. The van der Waals surface area contributed by atoms with E-state index in [1.165, 1.54) is 54.1 Å². The first-order valence-corrected chi connectivity index (χ1v) is 19.7. The molecule has 1 atom stereocenters. The summed E-state index contributed by atoms with van der Waals surface area (Å²) >= 11 is 0. The highest BCUT2D eigenvalue weighted by Crippen LogP contribution is 2.60. The van der Waals surface area contributed by atoms with Crippen molar-refractivity contribution in [2.45, 2.75) is 0 Å². The van der Waals surface area contributed by atoms with Gasteiger partial charge in [-0.1, -0.05) is 144 Å². The fraction of sp³-hybridized carbons (Fsp3) is 0. The minimum absolute atomic E-state index is 0.662. The van der Waals surface area contributed by atoms with Crippen LogP contribution in [0.1, 0.15) is 0 Å². The lowest BCUT2D eigenvalue weighted by atomic mass is 9.75. The molecule has 8 aromatic carbocycles. The molecule has 0 bridgehead atoms. The number of rotatable bonds is 3. The molecule has 2 aromatic heterocycles. The van der Waals surface area contributed by atoms with Gasteiger partial charge in [-0.05, 0) is 56.9 Å². The van der Waals surface area contributed by atoms with E-state index in [-0.39, 0.29) is 0 Å². The summed E-state index contributed by atoms with van der Waals surface area (Å²) in [5.74, 6) is 0.662. The standard InChI is InChI=1S/C46H31B3N3OP/c47-28-24-35(48)42(36(49)25-28)43-32-18-8-10-20-37(32)50-46(51-43)52-44-40(30-16-6-7-17-31(30)41-33-19-9-11-21-38(33)53-45(41)44)34-22-26-12-4-5-13-27(26)23-39(34)54(52)29-14-2-1-3-15-29/h1-25H,47-49H2. The van der Waals surface area contributed by atoms with Crippen molar-refractivity contribution in [1.82, 2.24) is 9.97 Å². The minimum atomic E-state index is -1.25. The van der Waals surface area contributed by atoms with Crippen molar-refractivity contribution in [2.24, 2.45) is 0 Å². The molecule has 4 nitrogen and oxygen atoms in total. The van der Waals surface area contributed by atoms with Crippen LogP contribution in [0.3, 0.4) is 0 Å². The summed E-state index contributed by atoms with van der Waals surface area (Å²) in [4.78, 5) is 11.2. The summed E-state index contributed by atoms with van der Waals surface area (Å²) in [5.41, 5.74) is 11.8. The Morgan fingerprint density at radius 1 is 0.556 bits per heavy atom. The van der Waals surface area contributed by atoms with Crippen molar-refractivity contribution in [1.29, 1.82) is 0 Å². The van der Waals surface area contributed by atoms with Crippen molar-refractivity contribution in [3.63, 3.8) is 0 Å². The molecule has 1 unspecified atom stereocenters. The highest BCUT2D eigenvalue weighted by atomic mass is 31.1. The molecule has 1 aliphatic heterocycles. The second-order valence-corrected chi connectivity index (χ2v) is 16.4. The third-order valence-electron chi connectivity index (χ3n) is 11.0. The number of hydrogen-bond acceptors (Lipinski definition) is 4. The van der Waals surface area contributed by atoms with Crippen LogP contribution in [0.4, 0.5) is 11.6 Å². The molecule has 0 amide bonds. The van der Waals surface area contributed by atoms with Crippen molar-refractivity contribution in [3.8, 4) is 22.4 Å². The van der Waals surface area contributed by atoms with E-state index >= 15 is 0 Å². The van der Waals surface area contributed by atoms with Crippen LogP contribution in [0.15, 0.2) is 156 Å². The first kappa shape index (κ1) is 31.4. The zero-order valence-electron chi connectivity index (χ0n) is 30.1. The van der Waals surface area contributed by atoms with Crippen LogP contribution in [0.2, 0.25) is 0 Å². The lowest BCUT2D eigenvalue weighted by Crippen LogP contribution is -2.32. The minimum Gasteiger partial charge on any atom is -0.454 e. The zero-order chi connectivity index (χ0) is 36.1. The van der Waals surface area contributed by atoms with Gasteiger partial charge < -0.3 is 4.42 Å². The average molecular weight is 705 g/mol. The average Bonchev–Trinajstić information content (AvgIpc) is 3.59. The molecule has 0 aliphatic carbocycles. The van der Waals surface area contributed by atoms with Gasteiger partial charge in [0.05, 0.1) is 19.3 Å². The normalized spacial score (nSPS) is 13.9. The predicted octanol–water partition coefficient (Wildman–Crippen LogP) is 6.44. The van der Waals surface area contributed by atoms with Gasteiger partial charge in [0.1, 0.15) is 34.8 Å². The van der Waals surface area contributed by atoms with E-state index in [1.54, 1.807) is 0 Å². The van der Waals surface area contributed by atoms with E-state index in [2.05, 4.69) is 180 Å². The smallest absolute Gasteiger partial charge is 0.235 e. The molecule has 0 radical (unpaired) electrons. The first-order valence-electron chi connectivity index (χ1n) is 18.4. The molecule has 0 N–H and O–H groups in total. The van der Waals surface area contributed by atoms with Crippen molar-refractivity contribution in [2.75, 3.05) is 4.67 Å². The maximum absolute atomic E-state index is 7.06. The number of aromatic nitrogens is 2. The Morgan fingerprint density at radius 2 is 1.19 bits per heavy atom. The van der Waals surface area contributed by atoms with E-state index < -0.39 is 8.07 Å². The van der Waals surface area contributed by atoms with Crippen LogP contribution < -0.4 is 31.7 Å². The first-order chi connectivity index (χ1) is 26.5. The van der Waals surface area contributed by atoms with Crippen LogP contribution in [0.25, 0.3) is 76.8 Å². The summed E-state index contributed by atoms with van der Waals surface area (Å²) in [6.45, 7) is 0. The van der Waals surface area contributed by atoms with Crippen molar-refractivity contribution < 1.29 is 4.42 Å². The van der Waals surface area contributed by atoms with E-state index in [0.29, 0.717) is 5.95 Å². The van der Waals surface area contributed by atoms with Gasteiger partial charge in [-0.3, -0.25) is 4.67 Å². The lowest BCUT2D eigenvalue weighted by molar-refractivity contribution is 0.669. The number of anilines is 2. The Balaban J connectivity index is 1.36. The number of para-hydroxylation sites is 2. The molecule has 0 fully saturated rings. The number of nitrogens with zero attached hydrogens (tertiary/aromatic N) is 3. The third kappa shape index (κ3) is 4.58. The van der Waals surface area contributed by atoms with Crippen LogP contribution in [0, 0.1) is 0 Å². The Bertz CT molecular complexity index is 3160. The molecule has 3 heterocycles. The van der Waals surface area contributed by atoms with Crippen LogP contribution in [-0.4, -0.2) is 33.5 Å². The highest BCUT2D eigenvalue weighted by Gasteiger charge is 2.40. The van der Waals surface area contributed by atoms with E-state index in [4.69, 9.17) is 14.4 Å². The maximum atomic E-state index is 7.06. The van der Waals surface area contributed by atoms with Crippen LogP contribution >= 0.6 is 8.07 Å². The van der Waals surface area contributed by atoms with Gasteiger partial charge in [0.25, 0.3) is 0 Å². The third-order valence-corrected chi connectivity index (χ3v) is 13.4. The molecular formula is C46H31B3N3OP. The molecule has 0 saturated heterocycles. The van der Waals surface area contributed by atoms with Gasteiger partial charge in [0.15, 0.2) is 5.58 Å². The van der Waals surface area contributed by atoms with Gasteiger partial charge in [-0.2, -0.15) is 0 Å². The van der Waals surface area contributed by atoms with Crippen LogP contribution in [-0.2, 0) is 0 Å². The van der Waals surface area contributed by atoms with Gasteiger partial charge in [0.2, 0.25) is 5.95 Å². The molecule has 0 saturated carbocycles. The second kappa shape index (κ2) is 11.9. The highest BCUT2D eigenvalue weighted by molar-refractivity contribution is 7.75. The summed E-state index contributed by atoms with van der Waals surface area (Å²) in [6, 6.07) is 54.6. The summed E-state index contributed by atoms with van der Waals surface area (Å²) in [5, 5.41) is 10.5. The SMILES string of the molecule is Bc1cc(B)c(-c2nc(N3c4c(c5ccccc5c5c4oc4ccccc45)-c4cc5ccccc5cc4P3c3ccccc3)nc3ccccc23)c(B)c1. The van der Waals surface area contributed by atoms with Crippen LogP contribution in [0.5, 0.6) is 0 Å². The molecular weight excluding hydrogens is 674 g/mol. The molecule has 1 aliphatic rings. The number of hydrogen-bond donors (Lipinski definition) is 0. The Kier molecular flexibility index (Phi) is 6.93. The summed E-state index contributed by atoms with van der Waals surface area (Å²) in [6.07, 6.45) is 0. The predicted molar refractivity (Wildman–Crippen MR) is 238 cm³/mol. The Hall–Kier alpha value is -6.16. The summed E-state index contributed by atoms with van der Waals surface area (Å²) < 4.78 is 9.51. The fourth-order valence-electron chi connectivity index (χ4n) is 8.84. The molecule has 11 rings (SSSR count). The van der Waals surface area contributed by atoms with Gasteiger partial charge >= 0.3 is 0 Å². The van der Waals surface area contributed by atoms with Gasteiger partial charge in [-0.15, -0.1) is 0 Å². The molecule has 250 valence electrons. The quantitative estimate of drug-likeness (QED) is 0.157. The van der Waals surface area contributed by atoms with E-state index in [0.717, 1.165) is 55.3 Å².